The van der Waals surface area contributed by atoms with Gasteiger partial charge in [0.1, 0.15) is 13.7 Å². The second kappa shape index (κ2) is 10.7. The molecule has 2 aromatic rings. The third-order valence-corrected chi connectivity index (χ3v) is 3.86. The van der Waals surface area contributed by atoms with Gasteiger partial charge in [0.2, 0.25) is 0 Å². The minimum Gasteiger partial charge on any atom is -0.464 e. The van der Waals surface area contributed by atoms with Crippen LogP contribution < -0.4 is 0 Å². The van der Waals surface area contributed by atoms with Crippen LogP contribution in [-0.4, -0.2) is 31.6 Å². The Labute approximate surface area is 167 Å². The van der Waals surface area contributed by atoms with E-state index in [0.29, 0.717) is 22.4 Å². The number of oxime groups is 2. The molecule has 0 unspecified atom stereocenters. The highest BCUT2D eigenvalue weighted by Gasteiger charge is 2.19. The van der Waals surface area contributed by atoms with Crippen molar-refractivity contribution < 1.29 is 28.0 Å². The van der Waals surface area contributed by atoms with E-state index in [1.807, 2.05) is 0 Å². The Balaban J connectivity index is 2.15. The number of hydrogen-bond acceptors (Lipinski definition) is 6. The molecule has 0 radical (unpaired) electrons. The van der Waals surface area contributed by atoms with Gasteiger partial charge in [0.15, 0.2) is 5.71 Å². The van der Waals surface area contributed by atoms with Crippen molar-refractivity contribution in [3.63, 3.8) is 0 Å². The number of hydrogen-bond donors (Lipinski definition) is 0. The molecule has 2 aromatic carbocycles. The lowest BCUT2D eigenvalue weighted by atomic mass is 10.0. The average Bonchev–Trinajstić information content (AvgIpc) is 2.72. The van der Waals surface area contributed by atoms with E-state index in [0.717, 1.165) is 11.6 Å². The van der Waals surface area contributed by atoms with Crippen LogP contribution in [0.4, 0.5) is 8.78 Å². The van der Waals surface area contributed by atoms with Gasteiger partial charge >= 0.3 is 5.97 Å². The minimum absolute atomic E-state index is 0.0126. The van der Waals surface area contributed by atoms with Gasteiger partial charge in [-0.1, -0.05) is 58.8 Å². The molecule has 0 aliphatic heterocycles. The van der Waals surface area contributed by atoms with Crippen LogP contribution in [0.15, 0.2) is 64.9 Å². The average molecular weight is 402 g/mol. The lowest BCUT2D eigenvalue weighted by Crippen LogP contribution is -2.19. The van der Waals surface area contributed by atoms with Crippen LogP contribution in [0.5, 0.6) is 0 Å². The van der Waals surface area contributed by atoms with Gasteiger partial charge in [0.05, 0.1) is 12.8 Å². The highest BCUT2D eigenvalue weighted by molar-refractivity contribution is 6.43. The van der Waals surface area contributed by atoms with Gasteiger partial charge in [0, 0.05) is 17.2 Å². The van der Waals surface area contributed by atoms with Crippen molar-refractivity contribution in [3.8, 4) is 0 Å². The molecule has 8 heteroatoms. The van der Waals surface area contributed by atoms with E-state index >= 15 is 0 Å². The van der Waals surface area contributed by atoms with E-state index in [1.54, 1.807) is 55.5 Å². The number of carbonyl (C=O) groups excluding carboxylic acids is 1. The molecule has 0 saturated carbocycles. The topological polar surface area (TPSA) is 69.5 Å². The van der Waals surface area contributed by atoms with Crippen molar-refractivity contribution in [2.75, 3.05) is 14.2 Å². The second-order valence-corrected chi connectivity index (χ2v) is 5.78. The Morgan fingerprint density at radius 3 is 2.34 bits per heavy atom. The first-order valence-electron chi connectivity index (χ1n) is 8.53. The maximum absolute atomic E-state index is 12.3. The number of rotatable bonds is 8. The van der Waals surface area contributed by atoms with Crippen LogP contribution in [-0.2, 0) is 25.8 Å². The fourth-order valence-electron chi connectivity index (χ4n) is 2.46. The van der Waals surface area contributed by atoms with Crippen molar-refractivity contribution in [1.82, 2.24) is 0 Å². The molecule has 0 aliphatic rings. The Bertz CT molecular complexity index is 934. The van der Waals surface area contributed by atoms with E-state index in [-0.39, 0.29) is 12.3 Å². The summed E-state index contributed by atoms with van der Waals surface area (Å²) in [5.74, 6) is -0.641. The van der Waals surface area contributed by atoms with Gasteiger partial charge in [-0.15, -0.1) is 0 Å². The van der Waals surface area contributed by atoms with E-state index in [9.17, 15) is 13.6 Å². The summed E-state index contributed by atoms with van der Waals surface area (Å²) < 4.78 is 29.3. The maximum Gasteiger partial charge on any atom is 0.360 e. The molecule has 0 amide bonds. The summed E-state index contributed by atoms with van der Waals surface area (Å²) in [5.41, 5.74) is 2.86. The Hall–Kier alpha value is -3.55. The molecule has 0 spiro atoms. The van der Waals surface area contributed by atoms with Crippen molar-refractivity contribution in [1.29, 1.82) is 0 Å². The largest absolute Gasteiger partial charge is 0.464 e. The smallest absolute Gasteiger partial charge is 0.360 e. The molecule has 2 rings (SSSR count). The van der Waals surface area contributed by atoms with Crippen LogP contribution in [0, 0.1) is 0 Å². The number of ether oxygens (including phenoxy) is 1. The highest BCUT2D eigenvalue weighted by Crippen LogP contribution is 2.15. The number of nitrogens with zero attached hydrogens (tertiary/aromatic N) is 2. The third kappa shape index (κ3) is 6.24. The van der Waals surface area contributed by atoms with E-state index in [4.69, 9.17) is 14.4 Å². The first-order chi connectivity index (χ1) is 14.0. The van der Waals surface area contributed by atoms with Crippen LogP contribution in [0.3, 0.4) is 0 Å². The van der Waals surface area contributed by atoms with Gasteiger partial charge in [-0.25, -0.2) is 4.79 Å². The van der Waals surface area contributed by atoms with Gasteiger partial charge in [0.25, 0.3) is 6.08 Å². The Morgan fingerprint density at radius 2 is 1.72 bits per heavy atom. The third-order valence-electron chi connectivity index (χ3n) is 3.86. The molecular formula is C21H20F2N2O4. The first-order valence-corrected chi connectivity index (χ1v) is 8.53. The lowest BCUT2D eigenvalue weighted by molar-refractivity contribution is -0.132. The fraction of sp³-hybridized carbons (Fsp3) is 0.190. The monoisotopic (exact) mass is 402 g/mol. The number of methoxy groups -OCH3 is 1. The summed E-state index contributed by atoms with van der Waals surface area (Å²) in [7, 11) is 2.59. The SMILES string of the molecule is CO/N=C(/C(=O)OC)c1ccccc1CON=C(C)c1ccc(C=C(F)F)cc1. The molecule has 0 heterocycles. The zero-order chi connectivity index (χ0) is 21.2. The number of esters is 1. The predicted molar refractivity (Wildman–Crippen MR) is 106 cm³/mol. The molecule has 0 saturated heterocycles. The van der Waals surface area contributed by atoms with Gasteiger partial charge in [-0.2, -0.15) is 8.78 Å². The van der Waals surface area contributed by atoms with Gasteiger partial charge < -0.3 is 14.4 Å². The zero-order valence-corrected chi connectivity index (χ0v) is 16.2. The van der Waals surface area contributed by atoms with Gasteiger partial charge in [-0.3, -0.25) is 0 Å². The Kier molecular flexibility index (Phi) is 8.02. The molecule has 152 valence electrons. The molecule has 0 aliphatic carbocycles. The summed E-state index contributed by atoms with van der Waals surface area (Å²) in [4.78, 5) is 22.1. The van der Waals surface area contributed by atoms with Crippen molar-refractivity contribution in [3.05, 3.63) is 76.9 Å². The summed E-state index contributed by atoms with van der Waals surface area (Å²) in [6.07, 6.45) is -0.974. The zero-order valence-electron chi connectivity index (χ0n) is 16.2. The highest BCUT2D eigenvalue weighted by atomic mass is 19.3. The van der Waals surface area contributed by atoms with Crippen molar-refractivity contribution in [2.45, 2.75) is 13.5 Å². The van der Waals surface area contributed by atoms with E-state index in [1.165, 1.54) is 14.2 Å². The number of halogens is 2. The minimum atomic E-state index is -1.76. The molecule has 29 heavy (non-hydrogen) atoms. The lowest BCUT2D eigenvalue weighted by Gasteiger charge is -2.10. The first kappa shape index (κ1) is 21.7. The van der Waals surface area contributed by atoms with Crippen molar-refractivity contribution >= 4 is 23.5 Å². The fourth-order valence-corrected chi connectivity index (χ4v) is 2.46. The van der Waals surface area contributed by atoms with E-state index < -0.39 is 12.0 Å². The standard InChI is InChI=1S/C21H20F2N2O4/c1-14(16-10-8-15(9-11-16)12-19(22)23)24-29-13-17-6-4-5-7-18(17)20(25-28-3)21(26)27-2/h4-12H,13H2,1-3H3/b24-14?,25-20+. The van der Waals surface area contributed by atoms with Gasteiger partial charge in [-0.05, 0) is 18.1 Å². The van der Waals surface area contributed by atoms with Crippen LogP contribution >= 0.6 is 0 Å². The molecule has 0 N–H and O–H groups in total. The molecule has 6 nitrogen and oxygen atoms in total. The Morgan fingerprint density at radius 1 is 1.03 bits per heavy atom. The van der Waals surface area contributed by atoms with Crippen LogP contribution in [0.2, 0.25) is 0 Å². The summed E-state index contributed by atoms with van der Waals surface area (Å²) in [5, 5.41) is 7.80. The summed E-state index contributed by atoms with van der Waals surface area (Å²) in [6.45, 7) is 1.81. The van der Waals surface area contributed by atoms with Crippen LogP contribution in [0.25, 0.3) is 6.08 Å². The number of benzene rings is 2. The van der Waals surface area contributed by atoms with E-state index in [2.05, 4.69) is 10.3 Å². The summed E-state index contributed by atoms with van der Waals surface area (Å²) in [6, 6.07) is 13.5. The summed E-state index contributed by atoms with van der Waals surface area (Å²) >= 11 is 0. The quantitative estimate of drug-likeness (QED) is 0.373. The predicted octanol–water partition coefficient (Wildman–Crippen LogP) is 4.39. The molecular weight excluding hydrogens is 382 g/mol. The molecule has 0 bridgehead atoms. The number of carbonyl (C=O) groups is 1. The second-order valence-electron chi connectivity index (χ2n) is 5.78. The maximum atomic E-state index is 12.3. The molecule has 0 fully saturated rings. The molecule has 0 aromatic heterocycles. The molecule has 0 atom stereocenters. The van der Waals surface area contributed by atoms with Crippen molar-refractivity contribution in [2.24, 2.45) is 10.3 Å². The normalized spacial score (nSPS) is 11.6. The van der Waals surface area contributed by atoms with Crippen LogP contribution in [0.1, 0.15) is 29.2 Å².